The number of nitrogens with zero attached hydrogens (tertiary/aromatic N) is 1. The summed E-state index contributed by atoms with van der Waals surface area (Å²) in [6, 6.07) is 8.53. The van der Waals surface area contributed by atoms with Crippen LogP contribution in [0.1, 0.15) is 5.69 Å². The Labute approximate surface area is 87.6 Å². The number of halogens is 1. The lowest BCUT2D eigenvalue weighted by Gasteiger charge is -2.04. The van der Waals surface area contributed by atoms with E-state index in [9.17, 15) is 4.39 Å². The molecule has 0 saturated carbocycles. The van der Waals surface area contributed by atoms with Crippen molar-refractivity contribution in [2.24, 2.45) is 0 Å². The molecule has 0 radical (unpaired) electrons. The van der Waals surface area contributed by atoms with Crippen molar-refractivity contribution in [2.75, 3.05) is 5.73 Å². The van der Waals surface area contributed by atoms with Gasteiger partial charge in [-0.15, -0.1) is 0 Å². The molecule has 0 bridgehead atoms. The molecule has 0 saturated heterocycles. The molecule has 0 atom stereocenters. The monoisotopic (exact) mass is 202 g/mol. The van der Waals surface area contributed by atoms with Crippen LogP contribution < -0.4 is 5.73 Å². The van der Waals surface area contributed by atoms with E-state index in [1.165, 1.54) is 6.07 Å². The first kappa shape index (κ1) is 9.65. The molecular weight excluding hydrogens is 191 g/mol. The maximum atomic E-state index is 13.0. The van der Waals surface area contributed by atoms with Gasteiger partial charge in [-0.05, 0) is 42.3 Å². The summed E-state index contributed by atoms with van der Waals surface area (Å²) in [5, 5.41) is 0. The third kappa shape index (κ3) is 1.96. The van der Waals surface area contributed by atoms with Crippen molar-refractivity contribution < 1.29 is 4.39 Å². The van der Waals surface area contributed by atoms with Crippen LogP contribution in [0.5, 0.6) is 0 Å². The maximum Gasteiger partial charge on any atom is 0.146 e. The second kappa shape index (κ2) is 3.69. The quantitative estimate of drug-likeness (QED) is 0.722. The first-order chi connectivity index (χ1) is 7.16. The topological polar surface area (TPSA) is 38.9 Å². The molecular formula is C12H11FN2. The van der Waals surface area contributed by atoms with Crippen LogP contribution >= 0.6 is 0 Å². The van der Waals surface area contributed by atoms with Gasteiger partial charge in [0.05, 0.1) is 5.69 Å². The number of nitrogen functional groups attached to an aromatic ring is 1. The van der Waals surface area contributed by atoms with Gasteiger partial charge in [0.15, 0.2) is 0 Å². The number of aromatic nitrogens is 1. The Morgan fingerprint density at radius 2 is 1.87 bits per heavy atom. The smallest absolute Gasteiger partial charge is 0.146 e. The summed E-state index contributed by atoms with van der Waals surface area (Å²) in [7, 11) is 0. The third-order valence-corrected chi connectivity index (χ3v) is 2.23. The summed E-state index contributed by atoms with van der Waals surface area (Å²) in [4.78, 5) is 4.10. The van der Waals surface area contributed by atoms with Crippen molar-refractivity contribution in [3.05, 3.63) is 48.0 Å². The summed E-state index contributed by atoms with van der Waals surface area (Å²) < 4.78 is 13.0. The fourth-order valence-electron chi connectivity index (χ4n) is 1.45. The molecule has 3 heteroatoms. The van der Waals surface area contributed by atoms with Gasteiger partial charge >= 0.3 is 0 Å². The highest BCUT2D eigenvalue weighted by Gasteiger charge is 2.02. The lowest BCUT2D eigenvalue weighted by Crippen LogP contribution is -1.91. The first-order valence-electron chi connectivity index (χ1n) is 4.65. The molecule has 0 fully saturated rings. The average Bonchev–Trinajstić information content (AvgIpc) is 2.22. The fourth-order valence-corrected chi connectivity index (χ4v) is 1.45. The van der Waals surface area contributed by atoms with Gasteiger partial charge in [0.2, 0.25) is 0 Å². The second-order valence-electron chi connectivity index (χ2n) is 3.42. The number of nitrogens with two attached hydrogens (primary N) is 1. The van der Waals surface area contributed by atoms with Crippen LogP contribution in [0.15, 0.2) is 36.5 Å². The largest absolute Gasteiger partial charge is 0.396 e. The van der Waals surface area contributed by atoms with Gasteiger partial charge in [0.1, 0.15) is 5.82 Å². The lowest BCUT2D eigenvalue weighted by atomic mass is 10.1. The third-order valence-electron chi connectivity index (χ3n) is 2.23. The van der Waals surface area contributed by atoms with Crippen LogP contribution in [0.25, 0.3) is 11.1 Å². The summed E-state index contributed by atoms with van der Waals surface area (Å²) in [6.07, 6.45) is 1.73. The zero-order valence-corrected chi connectivity index (χ0v) is 8.37. The van der Waals surface area contributed by atoms with E-state index in [1.54, 1.807) is 18.3 Å². The van der Waals surface area contributed by atoms with Crippen molar-refractivity contribution >= 4 is 5.69 Å². The Morgan fingerprint density at radius 1 is 1.13 bits per heavy atom. The lowest BCUT2D eigenvalue weighted by molar-refractivity contribution is 0.632. The number of pyridine rings is 1. The van der Waals surface area contributed by atoms with Crippen LogP contribution in [0, 0.1) is 12.7 Å². The van der Waals surface area contributed by atoms with E-state index in [4.69, 9.17) is 5.73 Å². The molecule has 0 spiro atoms. The minimum Gasteiger partial charge on any atom is -0.396 e. The van der Waals surface area contributed by atoms with Crippen molar-refractivity contribution in [1.29, 1.82) is 0 Å². The highest BCUT2D eigenvalue weighted by Crippen LogP contribution is 2.23. The van der Waals surface area contributed by atoms with E-state index in [0.717, 1.165) is 16.8 Å². The van der Waals surface area contributed by atoms with Crippen molar-refractivity contribution in [2.45, 2.75) is 6.92 Å². The molecule has 2 nitrogen and oxygen atoms in total. The molecule has 2 aromatic rings. The van der Waals surface area contributed by atoms with Crippen LogP contribution in [-0.2, 0) is 0 Å². The van der Waals surface area contributed by atoms with Gasteiger partial charge in [-0.25, -0.2) is 4.39 Å². The molecule has 2 N–H and O–H groups in total. The van der Waals surface area contributed by atoms with Crippen LogP contribution in [-0.4, -0.2) is 4.98 Å². The Bertz CT molecular complexity index is 495. The molecule has 1 heterocycles. The number of aryl methyl sites for hydroxylation is 1. The van der Waals surface area contributed by atoms with E-state index >= 15 is 0 Å². The van der Waals surface area contributed by atoms with E-state index < -0.39 is 0 Å². The second-order valence-corrected chi connectivity index (χ2v) is 3.42. The van der Waals surface area contributed by atoms with Gasteiger partial charge in [-0.2, -0.15) is 0 Å². The molecule has 2 rings (SSSR count). The van der Waals surface area contributed by atoms with Crippen molar-refractivity contribution in [1.82, 2.24) is 4.98 Å². The van der Waals surface area contributed by atoms with Gasteiger partial charge < -0.3 is 5.73 Å². The summed E-state index contributed by atoms with van der Waals surface area (Å²) in [5.74, 6) is -0.385. The minimum absolute atomic E-state index is 0.168. The molecule has 15 heavy (non-hydrogen) atoms. The molecule has 0 unspecified atom stereocenters. The zero-order chi connectivity index (χ0) is 10.8. The first-order valence-corrected chi connectivity index (χ1v) is 4.65. The maximum absolute atomic E-state index is 13.0. The highest BCUT2D eigenvalue weighted by atomic mass is 19.1. The Kier molecular flexibility index (Phi) is 2.37. The zero-order valence-electron chi connectivity index (χ0n) is 8.37. The number of benzene rings is 1. The molecule has 1 aromatic heterocycles. The predicted octanol–water partition coefficient (Wildman–Crippen LogP) is 2.78. The number of hydrogen-bond acceptors (Lipinski definition) is 2. The SMILES string of the molecule is Cc1cc(-c2ccc(F)c(N)c2)ccn1. The molecule has 0 aliphatic heterocycles. The summed E-state index contributed by atoms with van der Waals surface area (Å²) in [6.45, 7) is 1.91. The van der Waals surface area contributed by atoms with Gasteiger partial charge in [-0.3, -0.25) is 4.98 Å². The van der Waals surface area contributed by atoms with Crippen LogP contribution in [0.3, 0.4) is 0 Å². The van der Waals surface area contributed by atoms with E-state index in [-0.39, 0.29) is 11.5 Å². The Hall–Kier alpha value is -1.90. The van der Waals surface area contributed by atoms with Crippen molar-refractivity contribution in [3.63, 3.8) is 0 Å². The molecule has 0 aliphatic carbocycles. The minimum atomic E-state index is -0.385. The van der Waals surface area contributed by atoms with Gasteiger partial charge in [0.25, 0.3) is 0 Å². The van der Waals surface area contributed by atoms with Gasteiger partial charge in [0, 0.05) is 11.9 Å². The number of anilines is 1. The van der Waals surface area contributed by atoms with Gasteiger partial charge in [-0.1, -0.05) is 6.07 Å². The molecule has 0 aliphatic rings. The number of rotatable bonds is 1. The molecule has 76 valence electrons. The standard InChI is InChI=1S/C12H11FN2/c1-8-6-10(4-5-15-8)9-2-3-11(13)12(14)7-9/h2-7H,14H2,1H3. The highest BCUT2D eigenvalue weighted by molar-refractivity contribution is 5.67. The average molecular weight is 202 g/mol. The van der Waals surface area contributed by atoms with E-state index in [0.29, 0.717) is 0 Å². The van der Waals surface area contributed by atoms with Crippen LogP contribution in [0.2, 0.25) is 0 Å². The normalized spacial score (nSPS) is 10.3. The van der Waals surface area contributed by atoms with E-state index in [2.05, 4.69) is 4.98 Å². The Balaban J connectivity index is 2.50. The predicted molar refractivity (Wildman–Crippen MR) is 58.8 cm³/mol. The van der Waals surface area contributed by atoms with Crippen LogP contribution in [0.4, 0.5) is 10.1 Å². The summed E-state index contributed by atoms with van der Waals surface area (Å²) >= 11 is 0. The number of hydrogen-bond donors (Lipinski definition) is 1. The van der Waals surface area contributed by atoms with Crippen molar-refractivity contribution in [3.8, 4) is 11.1 Å². The Morgan fingerprint density at radius 3 is 2.53 bits per heavy atom. The van der Waals surface area contributed by atoms with E-state index in [1.807, 2.05) is 19.1 Å². The fraction of sp³-hybridized carbons (Fsp3) is 0.0833. The molecule has 1 aromatic carbocycles. The summed E-state index contributed by atoms with van der Waals surface area (Å²) in [5.41, 5.74) is 8.50. The molecule has 0 amide bonds.